The Bertz CT molecular complexity index is 564. The second-order valence-corrected chi connectivity index (χ2v) is 3.85. The van der Waals surface area contributed by atoms with E-state index in [0.717, 1.165) is 11.1 Å². The van der Waals surface area contributed by atoms with Crippen molar-refractivity contribution in [3.63, 3.8) is 0 Å². The normalized spacial score (nSPS) is 10.5. The Morgan fingerprint density at radius 1 is 1.28 bits per heavy atom. The molecule has 0 saturated carbocycles. The van der Waals surface area contributed by atoms with Crippen molar-refractivity contribution in [2.75, 3.05) is 0 Å². The first-order valence-electron chi connectivity index (χ1n) is 5.56. The van der Waals surface area contributed by atoms with E-state index < -0.39 is 0 Å². The number of nitrogens with one attached hydrogen (secondary N) is 1. The monoisotopic (exact) mass is 239 g/mol. The van der Waals surface area contributed by atoms with Crippen molar-refractivity contribution >= 4 is 12.1 Å². The van der Waals surface area contributed by atoms with Crippen LogP contribution in [0.5, 0.6) is 0 Å². The van der Waals surface area contributed by atoms with Gasteiger partial charge in [0.25, 0.3) is 5.91 Å². The van der Waals surface area contributed by atoms with Gasteiger partial charge in [0.05, 0.1) is 6.21 Å². The Hall–Kier alpha value is -2.49. The maximum absolute atomic E-state index is 11.6. The predicted molar refractivity (Wildman–Crippen MR) is 70.5 cm³/mol. The first-order chi connectivity index (χ1) is 8.75. The molecular formula is C14H13N3O. The van der Waals surface area contributed by atoms with Crippen molar-refractivity contribution < 1.29 is 4.79 Å². The molecule has 2 rings (SSSR count). The van der Waals surface area contributed by atoms with E-state index in [1.165, 1.54) is 0 Å². The smallest absolute Gasteiger partial charge is 0.267 e. The summed E-state index contributed by atoms with van der Waals surface area (Å²) in [7, 11) is 0. The molecule has 0 bridgehead atoms. The van der Waals surface area contributed by atoms with Gasteiger partial charge < -0.3 is 0 Å². The highest BCUT2D eigenvalue weighted by atomic mass is 16.2. The van der Waals surface area contributed by atoms with E-state index in [1.54, 1.807) is 30.7 Å². The highest BCUT2D eigenvalue weighted by Gasteiger charge is 2.01. The molecule has 2 aromatic rings. The van der Waals surface area contributed by atoms with E-state index in [4.69, 9.17) is 0 Å². The third-order valence-electron chi connectivity index (χ3n) is 2.36. The maximum Gasteiger partial charge on any atom is 0.271 e. The van der Waals surface area contributed by atoms with Gasteiger partial charge in [-0.1, -0.05) is 29.8 Å². The van der Waals surface area contributed by atoms with Crippen LogP contribution in [0.1, 0.15) is 21.5 Å². The number of nitrogens with zero attached hydrogens (tertiary/aromatic N) is 2. The third kappa shape index (κ3) is 3.25. The van der Waals surface area contributed by atoms with Crippen molar-refractivity contribution in [1.29, 1.82) is 0 Å². The van der Waals surface area contributed by atoms with Gasteiger partial charge in [0, 0.05) is 18.0 Å². The maximum atomic E-state index is 11.6. The average Bonchev–Trinajstić information content (AvgIpc) is 2.40. The second-order valence-electron chi connectivity index (χ2n) is 3.85. The fourth-order valence-corrected chi connectivity index (χ4v) is 1.48. The molecule has 1 N–H and O–H groups in total. The van der Waals surface area contributed by atoms with Gasteiger partial charge >= 0.3 is 0 Å². The largest absolute Gasteiger partial charge is 0.271 e. The van der Waals surface area contributed by atoms with Gasteiger partial charge in [0.2, 0.25) is 0 Å². The molecule has 0 aliphatic heterocycles. The van der Waals surface area contributed by atoms with Crippen LogP contribution in [0.2, 0.25) is 0 Å². The number of aromatic nitrogens is 1. The van der Waals surface area contributed by atoms with Gasteiger partial charge in [-0.3, -0.25) is 9.78 Å². The molecule has 0 atom stereocenters. The molecule has 1 aromatic carbocycles. The van der Waals surface area contributed by atoms with Crippen LogP contribution >= 0.6 is 0 Å². The number of carbonyl (C=O) groups is 1. The number of pyridine rings is 1. The van der Waals surface area contributed by atoms with Crippen LogP contribution in [0, 0.1) is 6.92 Å². The molecule has 0 spiro atoms. The minimum absolute atomic E-state index is 0.249. The number of hydrogen-bond donors (Lipinski definition) is 1. The van der Waals surface area contributed by atoms with Gasteiger partial charge in [-0.25, -0.2) is 5.43 Å². The summed E-state index contributed by atoms with van der Waals surface area (Å²) in [6, 6.07) is 11.1. The average molecular weight is 239 g/mol. The van der Waals surface area contributed by atoms with Gasteiger partial charge in [-0.2, -0.15) is 5.10 Å². The van der Waals surface area contributed by atoms with Crippen molar-refractivity contribution in [1.82, 2.24) is 10.4 Å². The zero-order valence-electron chi connectivity index (χ0n) is 10.00. The molecule has 0 fully saturated rings. The molecule has 1 amide bonds. The summed E-state index contributed by atoms with van der Waals surface area (Å²) in [5, 5.41) is 3.91. The molecule has 0 radical (unpaired) electrons. The lowest BCUT2D eigenvalue weighted by Crippen LogP contribution is -2.17. The summed E-state index contributed by atoms with van der Waals surface area (Å²) in [5.41, 5.74) is 5.10. The molecule has 4 nitrogen and oxygen atoms in total. The van der Waals surface area contributed by atoms with Crippen LogP contribution in [-0.4, -0.2) is 17.1 Å². The Balaban J connectivity index is 1.98. The Kier molecular flexibility index (Phi) is 3.81. The summed E-state index contributed by atoms with van der Waals surface area (Å²) >= 11 is 0. The quantitative estimate of drug-likeness (QED) is 0.659. The molecule has 90 valence electrons. The molecular weight excluding hydrogens is 226 g/mol. The van der Waals surface area contributed by atoms with E-state index in [0.29, 0.717) is 5.56 Å². The fraction of sp³-hybridized carbons (Fsp3) is 0.0714. The number of amides is 1. The first-order valence-corrected chi connectivity index (χ1v) is 5.56. The summed E-state index contributed by atoms with van der Waals surface area (Å²) in [6.07, 6.45) is 4.75. The molecule has 0 aliphatic rings. The highest BCUT2D eigenvalue weighted by Crippen LogP contribution is 2.01. The molecule has 1 heterocycles. The van der Waals surface area contributed by atoms with Crippen LogP contribution < -0.4 is 5.43 Å². The van der Waals surface area contributed by atoms with Gasteiger partial charge in [0.15, 0.2) is 0 Å². The fourth-order valence-electron chi connectivity index (χ4n) is 1.48. The van der Waals surface area contributed by atoms with E-state index in [-0.39, 0.29) is 5.91 Å². The molecule has 18 heavy (non-hydrogen) atoms. The van der Waals surface area contributed by atoms with Gasteiger partial charge in [0.1, 0.15) is 0 Å². The molecule has 1 aromatic heterocycles. The number of rotatable bonds is 3. The van der Waals surface area contributed by atoms with Crippen LogP contribution in [0.4, 0.5) is 0 Å². The van der Waals surface area contributed by atoms with Gasteiger partial charge in [-0.15, -0.1) is 0 Å². The lowest BCUT2D eigenvalue weighted by atomic mass is 10.2. The number of carbonyl (C=O) groups excluding carboxylic acids is 1. The van der Waals surface area contributed by atoms with Crippen LogP contribution in [-0.2, 0) is 0 Å². The lowest BCUT2D eigenvalue weighted by Gasteiger charge is -1.99. The molecule has 0 unspecified atom stereocenters. The minimum atomic E-state index is -0.249. The number of hydrazone groups is 1. The topological polar surface area (TPSA) is 54.4 Å². The number of aryl methyl sites for hydroxylation is 1. The van der Waals surface area contributed by atoms with E-state index in [1.807, 2.05) is 31.2 Å². The second kappa shape index (κ2) is 5.72. The number of hydrogen-bond acceptors (Lipinski definition) is 3. The van der Waals surface area contributed by atoms with Crippen molar-refractivity contribution in [2.24, 2.45) is 5.10 Å². The first kappa shape index (κ1) is 12.0. The SMILES string of the molecule is Cc1cccc(/C=N/NC(=O)c2ccncc2)c1. The summed E-state index contributed by atoms with van der Waals surface area (Å²) in [5.74, 6) is -0.249. The van der Waals surface area contributed by atoms with E-state index >= 15 is 0 Å². The molecule has 0 saturated heterocycles. The highest BCUT2D eigenvalue weighted by molar-refractivity contribution is 5.94. The summed E-state index contributed by atoms with van der Waals surface area (Å²) in [6.45, 7) is 2.01. The van der Waals surface area contributed by atoms with Crippen molar-refractivity contribution in [3.8, 4) is 0 Å². The van der Waals surface area contributed by atoms with Gasteiger partial charge in [-0.05, 0) is 24.6 Å². The van der Waals surface area contributed by atoms with Crippen LogP contribution in [0.25, 0.3) is 0 Å². The molecule has 4 heteroatoms. The zero-order valence-corrected chi connectivity index (χ0v) is 10.00. The standard InChI is InChI=1S/C14H13N3O/c1-11-3-2-4-12(9-11)10-16-17-14(18)13-5-7-15-8-6-13/h2-10H,1H3,(H,17,18)/b16-10+. The summed E-state index contributed by atoms with van der Waals surface area (Å²) in [4.78, 5) is 15.5. The van der Waals surface area contributed by atoms with E-state index in [9.17, 15) is 4.79 Å². The zero-order chi connectivity index (χ0) is 12.8. The summed E-state index contributed by atoms with van der Waals surface area (Å²) < 4.78 is 0. The lowest BCUT2D eigenvalue weighted by molar-refractivity contribution is 0.0955. The minimum Gasteiger partial charge on any atom is -0.267 e. The predicted octanol–water partition coefficient (Wildman–Crippen LogP) is 2.15. The Morgan fingerprint density at radius 3 is 2.78 bits per heavy atom. The van der Waals surface area contributed by atoms with Crippen molar-refractivity contribution in [3.05, 3.63) is 65.5 Å². The van der Waals surface area contributed by atoms with Crippen LogP contribution in [0.15, 0.2) is 53.9 Å². The Labute approximate surface area is 105 Å². The Morgan fingerprint density at radius 2 is 2.06 bits per heavy atom. The van der Waals surface area contributed by atoms with Crippen molar-refractivity contribution in [2.45, 2.75) is 6.92 Å². The third-order valence-corrected chi connectivity index (χ3v) is 2.36. The van der Waals surface area contributed by atoms with E-state index in [2.05, 4.69) is 15.5 Å². The molecule has 0 aliphatic carbocycles. The number of benzene rings is 1. The van der Waals surface area contributed by atoms with Crippen LogP contribution in [0.3, 0.4) is 0 Å².